The molecule has 5 N–H and O–H groups in total. The lowest BCUT2D eigenvalue weighted by Gasteiger charge is -2.26. The minimum Gasteiger partial charge on any atom is -0.492 e. The highest BCUT2D eigenvalue weighted by molar-refractivity contribution is 6.04. The van der Waals surface area contributed by atoms with Crippen LogP contribution in [-0.4, -0.2) is 60.1 Å². The fraction of sp³-hybridized carbons (Fsp3) is 0.261. The number of nitrogens with two attached hydrogens (primary N) is 1. The molecule has 166 valence electrons. The van der Waals surface area contributed by atoms with Crippen LogP contribution in [0.2, 0.25) is 0 Å². The Bertz CT molecular complexity index is 1120. The second-order valence-corrected chi connectivity index (χ2v) is 7.50. The molecule has 3 aromatic rings. The number of hydrogen-bond donors (Lipinski definition) is 4. The molecule has 0 radical (unpaired) electrons. The van der Waals surface area contributed by atoms with Crippen LogP contribution in [0.4, 0.5) is 11.5 Å². The molecule has 0 aliphatic carbocycles. The van der Waals surface area contributed by atoms with Gasteiger partial charge >= 0.3 is 0 Å². The lowest BCUT2D eigenvalue weighted by atomic mass is 10.1. The number of rotatable bonds is 7. The first kappa shape index (κ1) is 21.5. The van der Waals surface area contributed by atoms with Gasteiger partial charge in [-0.2, -0.15) is 0 Å². The molecule has 0 spiro atoms. The summed E-state index contributed by atoms with van der Waals surface area (Å²) in [4.78, 5) is 34.1. The van der Waals surface area contributed by atoms with Crippen molar-refractivity contribution in [2.24, 2.45) is 0 Å². The van der Waals surface area contributed by atoms with E-state index in [1.54, 1.807) is 48.5 Å². The predicted molar refractivity (Wildman–Crippen MR) is 124 cm³/mol. The van der Waals surface area contributed by atoms with Crippen LogP contribution in [0, 0.1) is 0 Å². The molecule has 1 fully saturated rings. The van der Waals surface area contributed by atoms with Crippen LogP contribution in [0.1, 0.15) is 10.4 Å². The first-order valence-corrected chi connectivity index (χ1v) is 10.5. The van der Waals surface area contributed by atoms with Crippen molar-refractivity contribution in [2.75, 3.05) is 50.4 Å². The van der Waals surface area contributed by atoms with Crippen LogP contribution in [0.5, 0.6) is 5.75 Å². The zero-order chi connectivity index (χ0) is 22.3. The standard InChI is InChI=1S/C23H26N6O3/c24-21-3-1-2-19(27-21)17-14-20(23(31)26-15-17)28-22(30)16-4-6-18(7-5-16)32-13-12-29-10-8-25-9-11-29/h1-7,14-15,25H,8-13H2,(H2,24,27)(H,26,31)(H,28,30). The first-order chi connectivity index (χ1) is 15.6. The third kappa shape index (κ3) is 5.51. The van der Waals surface area contributed by atoms with Crippen molar-refractivity contribution in [3.63, 3.8) is 0 Å². The van der Waals surface area contributed by atoms with E-state index in [1.165, 1.54) is 6.20 Å². The van der Waals surface area contributed by atoms with Crippen molar-refractivity contribution in [3.8, 4) is 17.0 Å². The summed E-state index contributed by atoms with van der Waals surface area (Å²) in [6.07, 6.45) is 1.53. The molecular formula is C23H26N6O3. The molecule has 9 nitrogen and oxygen atoms in total. The molecule has 2 aromatic heterocycles. The summed E-state index contributed by atoms with van der Waals surface area (Å²) >= 11 is 0. The Kier molecular flexibility index (Phi) is 6.78. The number of pyridine rings is 2. The van der Waals surface area contributed by atoms with Gasteiger partial charge in [-0.15, -0.1) is 0 Å². The van der Waals surface area contributed by atoms with E-state index in [4.69, 9.17) is 10.5 Å². The van der Waals surface area contributed by atoms with E-state index >= 15 is 0 Å². The van der Waals surface area contributed by atoms with Crippen LogP contribution in [0.25, 0.3) is 11.3 Å². The van der Waals surface area contributed by atoms with Crippen LogP contribution in [-0.2, 0) is 0 Å². The largest absolute Gasteiger partial charge is 0.492 e. The summed E-state index contributed by atoms with van der Waals surface area (Å²) in [6.45, 7) is 5.51. The number of nitrogens with one attached hydrogen (secondary N) is 3. The zero-order valence-corrected chi connectivity index (χ0v) is 17.6. The molecule has 3 heterocycles. The van der Waals surface area contributed by atoms with E-state index in [-0.39, 0.29) is 11.6 Å². The molecule has 1 amide bonds. The fourth-order valence-electron chi connectivity index (χ4n) is 3.46. The van der Waals surface area contributed by atoms with Crippen molar-refractivity contribution in [1.29, 1.82) is 0 Å². The Morgan fingerprint density at radius 2 is 1.94 bits per heavy atom. The minimum atomic E-state index is -0.404. The van der Waals surface area contributed by atoms with Crippen LogP contribution in [0.15, 0.2) is 59.5 Å². The first-order valence-electron chi connectivity index (χ1n) is 10.5. The molecule has 32 heavy (non-hydrogen) atoms. The lowest BCUT2D eigenvalue weighted by Crippen LogP contribution is -2.44. The lowest BCUT2D eigenvalue weighted by molar-refractivity contribution is 0.102. The second-order valence-electron chi connectivity index (χ2n) is 7.50. The average Bonchev–Trinajstić information content (AvgIpc) is 2.81. The SMILES string of the molecule is Nc1cccc(-c2c[nH]c(=O)c(NC(=O)c3ccc(OCCN4CCNCC4)cc3)c2)n1. The maximum Gasteiger partial charge on any atom is 0.271 e. The molecular weight excluding hydrogens is 408 g/mol. The van der Waals surface area contributed by atoms with Crippen LogP contribution < -0.4 is 26.7 Å². The van der Waals surface area contributed by atoms with Gasteiger partial charge in [0.1, 0.15) is 23.9 Å². The molecule has 9 heteroatoms. The van der Waals surface area contributed by atoms with E-state index < -0.39 is 5.56 Å². The quantitative estimate of drug-likeness (QED) is 0.445. The van der Waals surface area contributed by atoms with Gasteiger partial charge in [-0.05, 0) is 42.5 Å². The van der Waals surface area contributed by atoms with Gasteiger partial charge in [0.2, 0.25) is 0 Å². The number of benzene rings is 1. The number of amides is 1. The zero-order valence-electron chi connectivity index (χ0n) is 17.6. The van der Waals surface area contributed by atoms with Crippen LogP contribution >= 0.6 is 0 Å². The highest BCUT2D eigenvalue weighted by Crippen LogP contribution is 2.19. The third-order valence-electron chi connectivity index (χ3n) is 5.22. The van der Waals surface area contributed by atoms with E-state index in [0.717, 1.165) is 32.7 Å². The number of piperazine rings is 1. The average molecular weight is 435 g/mol. The smallest absolute Gasteiger partial charge is 0.271 e. The number of aromatic nitrogens is 2. The maximum absolute atomic E-state index is 12.6. The fourth-order valence-corrected chi connectivity index (χ4v) is 3.46. The number of ether oxygens (including phenoxy) is 1. The summed E-state index contributed by atoms with van der Waals surface area (Å²) in [5.74, 6) is 0.680. The highest BCUT2D eigenvalue weighted by Gasteiger charge is 2.12. The van der Waals surface area contributed by atoms with Gasteiger partial charge < -0.3 is 26.1 Å². The van der Waals surface area contributed by atoms with Gasteiger partial charge in [-0.3, -0.25) is 14.5 Å². The Morgan fingerprint density at radius 3 is 2.69 bits per heavy atom. The molecule has 1 aliphatic heterocycles. The van der Waals surface area contributed by atoms with Gasteiger partial charge in [0.25, 0.3) is 11.5 Å². The molecule has 1 saturated heterocycles. The van der Waals surface area contributed by atoms with Gasteiger partial charge in [0, 0.05) is 50.0 Å². The maximum atomic E-state index is 12.6. The highest BCUT2D eigenvalue weighted by atomic mass is 16.5. The summed E-state index contributed by atoms with van der Waals surface area (Å²) in [5, 5.41) is 5.99. The predicted octanol–water partition coefficient (Wildman–Crippen LogP) is 1.56. The van der Waals surface area contributed by atoms with E-state index in [2.05, 4.69) is 25.5 Å². The Labute approximate surface area is 185 Å². The monoisotopic (exact) mass is 434 g/mol. The van der Waals surface area contributed by atoms with Crippen molar-refractivity contribution >= 4 is 17.4 Å². The number of hydrogen-bond acceptors (Lipinski definition) is 7. The van der Waals surface area contributed by atoms with Gasteiger partial charge in [-0.25, -0.2) is 4.98 Å². The Hall–Kier alpha value is -3.69. The molecule has 0 unspecified atom stereocenters. The Balaban J connectivity index is 1.37. The summed E-state index contributed by atoms with van der Waals surface area (Å²) in [5.41, 5.74) is 7.12. The van der Waals surface area contributed by atoms with Crippen LogP contribution in [0.3, 0.4) is 0 Å². The minimum absolute atomic E-state index is 0.132. The van der Waals surface area contributed by atoms with Crippen molar-refractivity contribution in [3.05, 3.63) is 70.6 Å². The van der Waals surface area contributed by atoms with Gasteiger partial charge in [-0.1, -0.05) is 6.07 Å². The number of aromatic amines is 1. The summed E-state index contributed by atoms with van der Waals surface area (Å²) in [7, 11) is 0. The second kappa shape index (κ2) is 10.1. The third-order valence-corrected chi connectivity index (χ3v) is 5.22. The van der Waals surface area contributed by atoms with Gasteiger partial charge in [0.15, 0.2) is 0 Å². The number of nitrogens with zero attached hydrogens (tertiary/aromatic N) is 2. The van der Waals surface area contributed by atoms with E-state index in [9.17, 15) is 9.59 Å². The Morgan fingerprint density at radius 1 is 1.16 bits per heavy atom. The number of nitrogen functional groups attached to an aromatic ring is 1. The number of anilines is 2. The molecule has 1 aromatic carbocycles. The summed E-state index contributed by atoms with van der Waals surface area (Å²) < 4.78 is 5.79. The van der Waals surface area contributed by atoms with Gasteiger partial charge in [0.05, 0.1) is 5.69 Å². The molecule has 4 rings (SSSR count). The molecule has 0 bridgehead atoms. The van der Waals surface area contributed by atoms with E-state index in [1.807, 2.05) is 0 Å². The molecule has 1 aliphatic rings. The topological polar surface area (TPSA) is 125 Å². The number of H-pyrrole nitrogens is 1. The van der Waals surface area contributed by atoms with E-state index in [0.29, 0.717) is 35.0 Å². The normalized spacial score (nSPS) is 14.1. The molecule has 0 atom stereocenters. The summed E-state index contributed by atoms with van der Waals surface area (Å²) in [6, 6.07) is 13.7. The van der Waals surface area contributed by atoms with Crippen molar-refractivity contribution < 1.29 is 9.53 Å². The number of carbonyl (C=O) groups is 1. The van der Waals surface area contributed by atoms with Crippen molar-refractivity contribution in [2.45, 2.75) is 0 Å². The molecule has 0 saturated carbocycles. The van der Waals surface area contributed by atoms with Crippen molar-refractivity contribution in [1.82, 2.24) is 20.2 Å². The number of carbonyl (C=O) groups excluding carboxylic acids is 1.